The lowest BCUT2D eigenvalue weighted by molar-refractivity contribution is -0.0194. The Morgan fingerprint density at radius 3 is 2.17 bits per heavy atom. The van der Waals surface area contributed by atoms with Crippen LogP contribution < -0.4 is 0 Å². The molecule has 1 aliphatic heterocycles. The monoisotopic (exact) mass is 305 g/mol. The van der Waals surface area contributed by atoms with E-state index >= 15 is 0 Å². The molecule has 0 saturated carbocycles. The Kier molecular flexibility index (Phi) is 5.10. The number of nitrogens with zero attached hydrogens (tertiary/aromatic N) is 1. The molecule has 2 aromatic rings. The van der Waals surface area contributed by atoms with Gasteiger partial charge in [-0.25, -0.2) is 0 Å². The van der Waals surface area contributed by atoms with E-state index in [0.29, 0.717) is 5.56 Å². The molecular formula is C21H23NO. The van der Waals surface area contributed by atoms with Crippen LogP contribution in [0.5, 0.6) is 0 Å². The lowest BCUT2D eigenvalue weighted by atomic mass is 9.91. The maximum absolute atomic E-state index is 8.87. The quantitative estimate of drug-likeness (QED) is 0.748. The van der Waals surface area contributed by atoms with Gasteiger partial charge in [-0.1, -0.05) is 49.7 Å². The van der Waals surface area contributed by atoms with Crippen molar-refractivity contribution in [1.82, 2.24) is 0 Å². The zero-order valence-corrected chi connectivity index (χ0v) is 13.7. The highest BCUT2D eigenvalue weighted by molar-refractivity contribution is 5.64. The van der Waals surface area contributed by atoms with E-state index in [2.05, 4.69) is 37.3 Å². The number of hydrogen-bond acceptors (Lipinski definition) is 2. The van der Waals surface area contributed by atoms with Gasteiger partial charge in [0.25, 0.3) is 0 Å². The minimum absolute atomic E-state index is 0.248. The topological polar surface area (TPSA) is 33.0 Å². The predicted octanol–water partition coefficient (Wildman–Crippen LogP) is 5.49. The smallest absolute Gasteiger partial charge is 0.0991 e. The summed E-state index contributed by atoms with van der Waals surface area (Å²) in [6, 6.07) is 18.5. The Balaban J connectivity index is 1.66. The van der Waals surface area contributed by atoms with E-state index in [-0.39, 0.29) is 6.10 Å². The van der Waals surface area contributed by atoms with E-state index in [9.17, 15) is 0 Å². The molecule has 2 atom stereocenters. The molecule has 0 spiro atoms. The summed E-state index contributed by atoms with van der Waals surface area (Å²) in [6.07, 6.45) is 5.18. The molecule has 2 nitrogen and oxygen atoms in total. The van der Waals surface area contributed by atoms with Gasteiger partial charge in [0.1, 0.15) is 0 Å². The maximum Gasteiger partial charge on any atom is 0.0991 e. The zero-order valence-electron chi connectivity index (χ0n) is 13.7. The molecule has 1 aliphatic rings. The minimum Gasteiger partial charge on any atom is -0.373 e. The van der Waals surface area contributed by atoms with Gasteiger partial charge in [-0.05, 0) is 54.0 Å². The third kappa shape index (κ3) is 3.81. The molecule has 0 amide bonds. The molecule has 118 valence electrons. The van der Waals surface area contributed by atoms with Crippen LogP contribution in [0, 0.1) is 17.2 Å². The highest BCUT2D eigenvalue weighted by atomic mass is 16.5. The van der Waals surface area contributed by atoms with E-state index in [1.807, 2.05) is 24.3 Å². The van der Waals surface area contributed by atoms with E-state index in [0.717, 1.165) is 24.5 Å². The normalized spacial score (nSPS) is 20.9. The van der Waals surface area contributed by atoms with Crippen molar-refractivity contribution in [3.8, 4) is 17.2 Å². The zero-order chi connectivity index (χ0) is 16.1. The number of benzene rings is 2. The number of hydrogen-bond donors (Lipinski definition) is 0. The average molecular weight is 305 g/mol. The highest BCUT2D eigenvalue weighted by Gasteiger charge is 2.22. The third-order valence-electron chi connectivity index (χ3n) is 4.70. The van der Waals surface area contributed by atoms with Gasteiger partial charge in [0, 0.05) is 0 Å². The molecule has 0 radical (unpaired) electrons. The summed E-state index contributed by atoms with van der Waals surface area (Å²) < 4.78 is 6.07. The number of ether oxygens (including phenoxy) is 1. The van der Waals surface area contributed by atoms with Crippen LogP contribution in [-0.2, 0) is 4.74 Å². The van der Waals surface area contributed by atoms with Crippen molar-refractivity contribution in [1.29, 1.82) is 5.26 Å². The van der Waals surface area contributed by atoms with Gasteiger partial charge in [-0.3, -0.25) is 0 Å². The summed E-state index contributed by atoms with van der Waals surface area (Å²) in [5.41, 5.74) is 4.29. The molecule has 0 N–H and O–H groups in total. The maximum atomic E-state index is 8.87. The molecule has 23 heavy (non-hydrogen) atoms. The molecule has 2 unspecified atom stereocenters. The highest BCUT2D eigenvalue weighted by Crippen LogP contribution is 2.33. The van der Waals surface area contributed by atoms with Crippen LogP contribution in [0.15, 0.2) is 48.5 Å². The van der Waals surface area contributed by atoms with Crippen molar-refractivity contribution in [2.45, 2.75) is 38.7 Å². The fourth-order valence-corrected chi connectivity index (χ4v) is 3.33. The molecule has 1 saturated heterocycles. The number of rotatable bonds is 4. The molecule has 2 heteroatoms. The van der Waals surface area contributed by atoms with Crippen LogP contribution >= 0.6 is 0 Å². The third-order valence-corrected chi connectivity index (χ3v) is 4.70. The lowest BCUT2D eigenvalue weighted by Crippen LogP contribution is -2.20. The SMILES string of the molecule is CCCC1CCC(c2ccc(-c3ccc(C#N)cc3)cc2)OC1. The molecule has 0 bridgehead atoms. The second kappa shape index (κ2) is 7.44. The Labute approximate surface area is 138 Å². The van der Waals surface area contributed by atoms with Gasteiger partial charge in [-0.2, -0.15) is 5.26 Å². The van der Waals surface area contributed by atoms with Crippen molar-refractivity contribution < 1.29 is 4.74 Å². The Hall–Kier alpha value is -2.11. The average Bonchev–Trinajstić information content (AvgIpc) is 2.63. The standard InChI is InChI=1S/C21H23NO/c1-2-3-17-6-13-21(23-15-17)20-11-9-19(10-12-20)18-7-4-16(14-22)5-8-18/h4-5,7-12,17,21H,2-3,6,13,15H2,1H3. The summed E-state index contributed by atoms with van der Waals surface area (Å²) in [7, 11) is 0. The fourth-order valence-electron chi connectivity index (χ4n) is 3.33. The predicted molar refractivity (Wildman–Crippen MR) is 92.9 cm³/mol. The van der Waals surface area contributed by atoms with E-state index < -0.39 is 0 Å². The van der Waals surface area contributed by atoms with Crippen LogP contribution in [0.25, 0.3) is 11.1 Å². The minimum atomic E-state index is 0.248. The Morgan fingerprint density at radius 2 is 1.65 bits per heavy atom. The largest absolute Gasteiger partial charge is 0.373 e. The van der Waals surface area contributed by atoms with Crippen LogP contribution in [0.2, 0.25) is 0 Å². The molecule has 1 fully saturated rings. The Bertz CT molecular complexity index is 658. The van der Waals surface area contributed by atoms with Crippen LogP contribution in [0.1, 0.15) is 49.8 Å². The van der Waals surface area contributed by atoms with Crippen molar-refractivity contribution >= 4 is 0 Å². The van der Waals surface area contributed by atoms with Crippen LogP contribution in [0.3, 0.4) is 0 Å². The van der Waals surface area contributed by atoms with Gasteiger partial charge in [0.15, 0.2) is 0 Å². The molecule has 0 aliphatic carbocycles. The summed E-state index contributed by atoms with van der Waals surface area (Å²) >= 11 is 0. The van der Waals surface area contributed by atoms with Crippen molar-refractivity contribution in [2.75, 3.05) is 6.61 Å². The van der Waals surface area contributed by atoms with Gasteiger partial charge in [0.05, 0.1) is 24.3 Å². The van der Waals surface area contributed by atoms with Crippen LogP contribution in [-0.4, -0.2) is 6.61 Å². The molecular weight excluding hydrogens is 282 g/mol. The van der Waals surface area contributed by atoms with Gasteiger partial charge >= 0.3 is 0 Å². The fraction of sp³-hybridized carbons (Fsp3) is 0.381. The molecule has 3 rings (SSSR count). The first-order valence-corrected chi connectivity index (χ1v) is 8.52. The first-order chi connectivity index (χ1) is 11.3. The van der Waals surface area contributed by atoms with Crippen molar-refractivity contribution in [2.24, 2.45) is 5.92 Å². The Morgan fingerprint density at radius 1 is 1.00 bits per heavy atom. The summed E-state index contributed by atoms with van der Waals surface area (Å²) in [6.45, 7) is 3.14. The summed E-state index contributed by atoms with van der Waals surface area (Å²) in [5.74, 6) is 0.745. The molecule has 0 aromatic heterocycles. The van der Waals surface area contributed by atoms with Crippen LogP contribution in [0.4, 0.5) is 0 Å². The molecule has 1 heterocycles. The van der Waals surface area contributed by atoms with Crippen molar-refractivity contribution in [3.63, 3.8) is 0 Å². The van der Waals surface area contributed by atoms with Gasteiger partial charge < -0.3 is 4.74 Å². The number of nitriles is 1. The second-order valence-corrected chi connectivity index (χ2v) is 6.37. The van der Waals surface area contributed by atoms with Gasteiger partial charge in [0.2, 0.25) is 0 Å². The van der Waals surface area contributed by atoms with Gasteiger partial charge in [-0.15, -0.1) is 0 Å². The first-order valence-electron chi connectivity index (χ1n) is 8.52. The summed E-state index contributed by atoms with van der Waals surface area (Å²) in [4.78, 5) is 0. The lowest BCUT2D eigenvalue weighted by Gasteiger charge is -2.29. The van der Waals surface area contributed by atoms with Crippen molar-refractivity contribution in [3.05, 3.63) is 59.7 Å². The second-order valence-electron chi connectivity index (χ2n) is 6.37. The summed E-state index contributed by atoms with van der Waals surface area (Å²) in [5, 5.41) is 8.87. The van der Waals surface area contributed by atoms with E-state index in [1.165, 1.54) is 30.4 Å². The first kappa shape index (κ1) is 15.8. The van der Waals surface area contributed by atoms with E-state index in [4.69, 9.17) is 10.00 Å². The molecule has 2 aromatic carbocycles. The van der Waals surface area contributed by atoms with E-state index in [1.54, 1.807) is 0 Å².